The van der Waals surface area contributed by atoms with Gasteiger partial charge in [-0.05, 0) is 31.2 Å². The maximum atomic E-state index is 2.55. The van der Waals surface area contributed by atoms with Crippen LogP contribution < -0.4 is 0 Å². The molecular weight excluding hydrogens is 182 g/mol. The molecule has 0 aliphatic carbocycles. The normalized spacial score (nSPS) is 16.8. The maximum Gasteiger partial charge on any atom is 0.00896 e. The van der Waals surface area contributed by atoms with Crippen LogP contribution in [0.25, 0.3) is 0 Å². The zero-order valence-electron chi connectivity index (χ0n) is 11.9. The van der Waals surface area contributed by atoms with Crippen LogP contribution in [-0.2, 0) is 0 Å². The number of rotatable bonds is 6. The molecular formula is C14H31N. The topological polar surface area (TPSA) is 3.24 Å². The van der Waals surface area contributed by atoms with E-state index in [0.717, 1.165) is 12.0 Å². The van der Waals surface area contributed by atoms with E-state index in [9.17, 15) is 0 Å². The van der Waals surface area contributed by atoms with E-state index in [1.807, 2.05) is 0 Å². The van der Waals surface area contributed by atoms with Crippen molar-refractivity contribution in [3.63, 3.8) is 0 Å². The monoisotopic (exact) mass is 213 g/mol. The van der Waals surface area contributed by atoms with E-state index in [2.05, 4.69) is 53.5 Å². The van der Waals surface area contributed by atoms with Crippen molar-refractivity contribution in [2.75, 3.05) is 13.6 Å². The predicted octanol–water partition coefficient (Wildman–Crippen LogP) is 4.18. The van der Waals surface area contributed by atoms with Crippen LogP contribution in [0, 0.1) is 11.3 Å². The third-order valence-corrected chi connectivity index (χ3v) is 3.76. The molecule has 1 nitrogen and oxygen atoms in total. The summed E-state index contributed by atoms with van der Waals surface area (Å²) in [6.45, 7) is 15.2. The molecule has 0 saturated heterocycles. The predicted molar refractivity (Wildman–Crippen MR) is 70.2 cm³/mol. The molecule has 0 spiro atoms. The summed E-state index contributed by atoms with van der Waals surface area (Å²) in [5.41, 5.74) is 0.429. The van der Waals surface area contributed by atoms with E-state index in [1.54, 1.807) is 0 Å². The molecule has 15 heavy (non-hydrogen) atoms. The summed E-state index contributed by atoms with van der Waals surface area (Å²) in [6.07, 6.45) is 3.91. The summed E-state index contributed by atoms with van der Waals surface area (Å²) in [5, 5.41) is 0. The first-order valence-corrected chi connectivity index (χ1v) is 6.53. The Bertz CT molecular complexity index is 157. The molecule has 0 aromatic rings. The fraction of sp³-hybridized carbons (Fsp3) is 1.00. The first kappa shape index (κ1) is 15.0. The van der Waals surface area contributed by atoms with Gasteiger partial charge in [0.2, 0.25) is 0 Å². The highest BCUT2D eigenvalue weighted by molar-refractivity contribution is 4.75. The minimum Gasteiger partial charge on any atom is -0.303 e. The Morgan fingerprint density at radius 3 is 2.00 bits per heavy atom. The Balaban J connectivity index is 4.15. The van der Waals surface area contributed by atoms with Crippen LogP contribution in [0.4, 0.5) is 0 Å². The highest BCUT2D eigenvalue weighted by Gasteiger charge is 2.23. The summed E-state index contributed by atoms with van der Waals surface area (Å²) < 4.78 is 0. The van der Waals surface area contributed by atoms with Crippen molar-refractivity contribution >= 4 is 0 Å². The van der Waals surface area contributed by atoms with E-state index in [-0.39, 0.29) is 0 Å². The maximum absolute atomic E-state index is 2.55. The van der Waals surface area contributed by atoms with Gasteiger partial charge in [0.05, 0.1) is 0 Å². The third-order valence-electron chi connectivity index (χ3n) is 3.76. The van der Waals surface area contributed by atoms with Gasteiger partial charge >= 0.3 is 0 Å². The largest absolute Gasteiger partial charge is 0.303 e. The number of hydrogen-bond donors (Lipinski definition) is 0. The van der Waals surface area contributed by atoms with Gasteiger partial charge in [-0.3, -0.25) is 0 Å². The molecule has 0 bridgehead atoms. The van der Waals surface area contributed by atoms with Gasteiger partial charge in [-0.1, -0.05) is 48.0 Å². The van der Waals surface area contributed by atoms with Gasteiger partial charge in [0.25, 0.3) is 0 Å². The summed E-state index contributed by atoms with van der Waals surface area (Å²) in [4.78, 5) is 2.55. The second-order valence-electron chi connectivity index (χ2n) is 6.06. The molecule has 0 radical (unpaired) electrons. The van der Waals surface area contributed by atoms with Gasteiger partial charge in [0, 0.05) is 12.6 Å². The van der Waals surface area contributed by atoms with Gasteiger partial charge < -0.3 is 4.90 Å². The molecule has 92 valence electrons. The Labute approximate surface area is 97.2 Å². The molecule has 0 fully saturated rings. The van der Waals surface area contributed by atoms with Crippen LogP contribution in [0.5, 0.6) is 0 Å². The lowest BCUT2D eigenvalue weighted by atomic mass is 9.81. The summed E-state index contributed by atoms with van der Waals surface area (Å²) in [6, 6.07) is 0.778. The van der Waals surface area contributed by atoms with Gasteiger partial charge in [-0.2, -0.15) is 0 Å². The molecule has 0 amide bonds. The number of nitrogens with zero attached hydrogens (tertiary/aromatic N) is 1. The molecule has 0 aromatic carbocycles. The molecule has 0 aromatic heterocycles. The van der Waals surface area contributed by atoms with Crippen molar-refractivity contribution in [3.8, 4) is 0 Å². The van der Waals surface area contributed by atoms with Crippen molar-refractivity contribution < 1.29 is 0 Å². The average Bonchev–Trinajstić information content (AvgIpc) is 2.12. The quantitative estimate of drug-likeness (QED) is 0.640. The lowest BCUT2D eigenvalue weighted by Crippen LogP contribution is -2.38. The smallest absolute Gasteiger partial charge is 0.00896 e. The lowest BCUT2D eigenvalue weighted by molar-refractivity contribution is 0.140. The Morgan fingerprint density at radius 2 is 1.67 bits per heavy atom. The van der Waals surface area contributed by atoms with E-state index in [0.29, 0.717) is 5.41 Å². The zero-order chi connectivity index (χ0) is 12.1. The van der Waals surface area contributed by atoms with Gasteiger partial charge in [0.15, 0.2) is 0 Å². The molecule has 0 heterocycles. The highest BCUT2D eigenvalue weighted by Crippen LogP contribution is 2.26. The minimum absolute atomic E-state index is 0.429. The van der Waals surface area contributed by atoms with Crippen LogP contribution in [0.3, 0.4) is 0 Å². The first-order chi connectivity index (χ1) is 6.82. The minimum atomic E-state index is 0.429. The zero-order valence-corrected chi connectivity index (χ0v) is 11.9. The van der Waals surface area contributed by atoms with Crippen LogP contribution in [-0.4, -0.2) is 24.5 Å². The molecule has 2 unspecified atom stereocenters. The van der Waals surface area contributed by atoms with Gasteiger partial charge in [-0.15, -0.1) is 0 Å². The van der Waals surface area contributed by atoms with Crippen molar-refractivity contribution in [3.05, 3.63) is 0 Å². The SMILES string of the molecule is CCCC(CC)N(C)CC(C)C(C)(C)C. The van der Waals surface area contributed by atoms with Crippen LogP contribution in [0.1, 0.15) is 60.8 Å². The second kappa shape index (κ2) is 6.52. The summed E-state index contributed by atoms with van der Waals surface area (Å²) in [5.74, 6) is 0.758. The van der Waals surface area contributed by atoms with E-state index >= 15 is 0 Å². The standard InChI is InChI=1S/C14H31N/c1-8-10-13(9-2)15(7)11-12(3)14(4,5)6/h12-13H,8-11H2,1-7H3. The van der Waals surface area contributed by atoms with Gasteiger partial charge in [-0.25, -0.2) is 0 Å². The lowest BCUT2D eigenvalue weighted by Gasteiger charge is -2.35. The number of hydrogen-bond acceptors (Lipinski definition) is 1. The van der Waals surface area contributed by atoms with Crippen molar-refractivity contribution in [1.29, 1.82) is 0 Å². The molecule has 0 saturated carbocycles. The molecule has 1 heteroatoms. The van der Waals surface area contributed by atoms with E-state index < -0.39 is 0 Å². The summed E-state index contributed by atoms with van der Waals surface area (Å²) >= 11 is 0. The van der Waals surface area contributed by atoms with E-state index in [4.69, 9.17) is 0 Å². The Kier molecular flexibility index (Phi) is 6.51. The molecule has 2 atom stereocenters. The molecule has 0 N–H and O–H groups in total. The summed E-state index contributed by atoms with van der Waals surface area (Å²) in [7, 11) is 2.28. The average molecular weight is 213 g/mol. The van der Waals surface area contributed by atoms with Crippen LogP contribution in [0.2, 0.25) is 0 Å². The molecule has 0 aliphatic heterocycles. The fourth-order valence-corrected chi connectivity index (χ4v) is 1.92. The fourth-order valence-electron chi connectivity index (χ4n) is 1.92. The van der Waals surface area contributed by atoms with Crippen LogP contribution in [0.15, 0.2) is 0 Å². The first-order valence-electron chi connectivity index (χ1n) is 6.53. The van der Waals surface area contributed by atoms with E-state index in [1.165, 1.54) is 25.8 Å². The Hall–Kier alpha value is -0.0400. The highest BCUT2D eigenvalue weighted by atomic mass is 15.1. The van der Waals surface area contributed by atoms with Gasteiger partial charge in [0.1, 0.15) is 0 Å². The molecule has 0 aliphatic rings. The Morgan fingerprint density at radius 1 is 1.13 bits per heavy atom. The third kappa shape index (κ3) is 5.55. The van der Waals surface area contributed by atoms with Crippen molar-refractivity contribution in [2.24, 2.45) is 11.3 Å². The van der Waals surface area contributed by atoms with Crippen LogP contribution >= 0.6 is 0 Å². The second-order valence-corrected chi connectivity index (χ2v) is 6.06. The van der Waals surface area contributed by atoms with Crippen molar-refractivity contribution in [1.82, 2.24) is 4.90 Å². The van der Waals surface area contributed by atoms with Crippen molar-refractivity contribution in [2.45, 2.75) is 66.8 Å². The molecule has 0 rings (SSSR count).